The molecule has 4 rings (SSSR count). The standard InChI is InChI=1S/C19H18N2O4/c1-11-9-14(11)16-7-4-12(25-16)10-20-18(22)13-5-6-15(21-19(13)23)17-3-2-8-24-17/h2-8,11,14H,9-10H2,1H3,(H,20,22)(H,21,23)/t11-,14-/m0/s1. The van der Waals surface area contributed by atoms with Crippen LogP contribution >= 0.6 is 0 Å². The van der Waals surface area contributed by atoms with E-state index in [0.717, 1.165) is 12.2 Å². The van der Waals surface area contributed by atoms with Gasteiger partial charge >= 0.3 is 0 Å². The lowest BCUT2D eigenvalue weighted by molar-refractivity contribution is 0.0946. The number of carbonyl (C=O) groups is 1. The van der Waals surface area contributed by atoms with Gasteiger partial charge in [0.1, 0.15) is 22.8 Å². The van der Waals surface area contributed by atoms with Gasteiger partial charge in [0.05, 0.1) is 18.5 Å². The Morgan fingerprint density at radius 1 is 1.28 bits per heavy atom. The molecule has 128 valence electrons. The Morgan fingerprint density at radius 3 is 2.80 bits per heavy atom. The molecule has 6 nitrogen and oxygen atoms in total. The predicted molar refractivity (Wildman–Crippen MR) is 91.2 cm³/mol. The van der Waals surface area contributed by atoms with E-state index in [4.69, 9.17) is 8.83 Å². The van der Waals surface area contributed by atoms with Crippen LogP contribution in [0, 0.1) is 5.92 Å². The number of pyridine rings is 1. The summed E-state index contributed by atoms with van der Waals surface area (Å²) < 4.78 is 11.0. The molecule has 0 unspecified atom stereocenters. The maximum absolute atomic E-state index is 12.2. The molecule has 0 aromatic carbocycles. The van der Waals surface area contributed by atoms with Crippen molar-refractivity contribution in [2.75, 3.05) is 0 Å². The van der Waals surface area contributed by atoms with Crippen LogP contribution in [0.1, 0.15) is 41.1 Å². The number of furan rings is 2. The summed E-state index contributed by atoms with van der Waals surface area (Å²) >= 11 is 0. The van der Waals surface area contributed by atoms with Crippen molar-refractivity contribution in [3.05, 3.63) is 70.1 Å². The molecule has 3 heterocycles. The second-order valence-corrected chi connectivity index (χ2v) is 6.40. The fraction of sp³-hybridized carbons (Fsp3) is 0.263. The van der Waals surface area contributed by atoms with Crippen LogP contribution in [0.4, 0.5) is 0 Å². The molecule has 2 N–H and O–H groups in total. The Labute approximate surface area is 143 Å². The van der Waals surface area contributed by atoms with Crippen LogP contribution in [0.5, 0.6) is 0 Å². The zero-order valence-electron chi connectivity index (χ0n) is 13.7. The summed E-state index contributed by atoms with van der Waals surface area (Å²) in [5.74, 6) is 2.93. The van der Waals surface area contributed by atoms with E-state index in [1.807, 2.05) is 12.1 Å². The van der Waals surface area contributed by atoms with Crippen LogP contribution < -0.4 is 10.9 Å². The normalized spacial score (nSPS) is 18.9. The second-order valence-electron chi connectivity index (χ2n) is 6.40. The molecule has 0 bridgehead atoms. The third-order valence-electron chi connectivity index (χ3n) is 4.52. The summed E-state index contributed by atoms with van der Waals surface area (Å²) in [6, 6.07) is 10.4. The average molecular weight is 338 g/mol. The maximum Gasteiger partial charge on any atom is 0.261 e. The molecule has 25 heavy (non-hydrogen) atoms. The van der Waals surface area contributed by atoms with E-state index < -0.39 is 11.5 Å². The zero-order chi connectivity index (χ0) is 17.4. The van der Waals surface area contributed by atoms with Gasteiger partial charge in [0.15, 0.2) is 0 Å². The molecule has 1 aliphatic carbocycles. The number of hydrogen-bond acceptors (Lipinski definition) is 4. The number of amides is 1. The van der Waals surface area contributed by atoms with Crippen molar-refractivity contribution in [3.63, 3.8) is 0 Å². The first-order chi connectivity index (χ1) is 12.1. The highest BCUT2D eigenvalue weighted by Gasteiger charge is 2.36. The van der Waals surface area contributed by atoms with Crippen molar-refractivity contribution in [1.29, 1.82) is 0 Å². The molecule has 0 radical (unpaired) electrons. The molecule has 1 aliphatic rings. The van der Waals surface area contributed by atoms with E-state index in [1.165, 1.54) is 12.3 Å². The molecule has 6 heteroatoms. The van der Waals surface area contributed by atoms with E-state index in [9.17, 15) is 9.59 Å². The lowest BCUT2D eigenvalue weighted by atomic mass is 10.2. The minimum atomic E-state index is -0.460. The molecule has 0 saturated heterocycles. The number of aromatic nitrogens is 1. The van der Waals surface area contributed by atoms with Crippen LogP contribution in [0.2, 0.25) is 0 Å². The number of nitrogens with one attached hydrogen (secondary N) is 2. The minimum Gasteiger partial charge on any atom is -0.464 e. The van der Waals surface area contributed by atoms with Gasteiger partial charge < -0.3 is 19.1 Å². The van der Waals surface area contributed by atoms with Gasteiger partial charge in [0.25, 0.3) is 11.5 Å². The Kier molecular flexibility index (Phi) is 3.80. The van der Waals surface area contributed by atoms with Crippen molar-refractivity contribution in [2.45, 2.75) is 25.8 Å². The highest BCUT2D eigenvalue weighted by Crippen LogP contribution is 2.47. The van der Waals surface area contributed by atoms with E-state index in [2.05, 4.69) is 17.2 Å². The quantitative estimate of drug-likeness (QED) is 0.747. The lowest BCUT2D eigenvalue weighted by Gasteiger charge is -2.04. The van der Waals surface area contributed by atoms with Gasteiger partial charge in [-0.05, 0) is 48.7 Å². The average Bonchev–Trinajstić information content (AvgIpc) is 3.04. The molecular formula is C19H18N2O4. The molecule has 2 atom stereocenters. The van der Waals surface area contributed by atoms with Gasteiger partial charge in [0.2, 0.25) is 0 Å². The monoisotopic (exact) mass is 338 g/mol. The van der Waals surface area contributed by atoms with Crippen molar-refractivity contribution in [2.24, 2.45) is 5.92 Å². The second kappa shape index (κ2) is 6.12. The summed E-state index contributed by atoms with van der Waals surface area (Å²) in [6.45, 7) is 2.44. The van der Waals surface area contributed by atoms with Crippen LogP contribution in [0.25, 0.3) is 11.5 Å². The van der Waals surface area contributed by atoms with Crippen molar-refractivity contribution in [3.8, 4) is 11.5 Å². The molecule has 0 spiro atoms. The van der Waals surface area contributed by atoms with Gasteiger partial charge in [-0.15, -0.1) is 0 Å². The van der Waals surface area contributed by atoms with Crippen molar-refractivity contribution in [1.82, 2.24) is 10.3 Å². The van der Waals surface area contributed by atoms with E-state index in [0.29, 0.717) is 29.1 Å². The summed E-state index contributed by atoms with van der Waals surface area (Å²) in [6.07, 6.45) is 2.67. The smallest absolute Gasteiger partial charge is 0.261 e. The van der Waals surface area contributed by atoms with E-state index in [1.54, 1.807) is 18.2 Å². The molecular weight excluding hydrogens is 320 g/mol. The largest absolute Gasteiger partial charge is 0.464 e. The van der Waals surface area contributed by atoms with Gasteiger partial charge in [-0.25, -0.2) is 0 Å². The summed E-state index contributed by atoms with van der Waals surface area (Å²) in [5, 5.41) is 2.72. The molecule has 3 aromatic heterocycles. The Hall–Kier alpha value is -3.02. The van der Waals surface area contributed by atoms with Gasteiger partial charge in [-0.3, -0.25) is 9.59 Å². The van der Waals surface area contributed by atoms with Crippen molar-refractivity contribution >= 4 is 5.91 Å². The van der Waals surface area contributed by atoms with E-state index in [-0.39, 0.29) is 12.1 Å². The number of H-pyrrole nitrogens is 1. The third kappa shape index (κ3) is 3.15. The molecule has 1 saturated carbocycles. The minimum absolute atomic E-state index is 0.0536. The number of rotatable bonds is 5. The predicted octanol–water partition coefficient (Wildman–Crippen LogP) is 3.28. The first-order valence-corrected chi connectivity index (χ1v) is 8.26. The lowest BCUT2D eigenvalue weighted by Crippen LogP contribution is -2.29. The number of hydrogen-bond donors (Lipinski definition) is 2. The zero-order valence-corrected chi connectivity index (χ0v) is 13.7. The molecule has 0 aliphatic heterocycles. The summed E-state index contributed by atoms with van der Waals surface area (Å²) in [7, 11) is 0. The fourth-order valence-electron chi connectivity index (χ4n) is 2.90. The summed E-state index contributed by atoms with van der Waals surface area (Å²) in [4.78, 5) is 27.0. The maximum atomic E-state index is 12.2. The van der Waals surface area contributed by atoms with Crippen LogP contribution in [0.15, 0.2) is 56.3 Å². The highest BCUT2D eigenvalue weighted by molar-refractivity contribution is 5.93. The number of carbonyl (C=O) groups excluding carboxylic acids is 1. The van der Waals surface area contributed by atoms with Gasteiger partial charge in [-0.2, -0.15) is 0 Å². The third-order valence-corrected chi connectivity index (χ3v) is 4.52. The van der Waals surface area contributed by atoms with Crippen LogP contribution in [-0.2, 0) is 6.54 Å². The Balaban J connectivity index is 1.42. The topological polar surface area (TPSA) is 88.2 Å². The first-order valence-electron chi connectivity index (χ1n) is 8.26. The SMILES string of the molecule is C[C@H]1C[C@@H]1c1ccc(CNC(=O)c2ccc(-c3ccco3)[nH]c2=O)o1. The highest BCUT2D eigenvalue weighted by atomic mass is 16.3. The van der Waals surface area contributed by atoms with E-state index >= 15 is 0 Å². The Bertz CT molecular complexity index is 952. The molecule has 3 aromatic rings. The van der Waals surface area contributed by atoms with Gasteiger partial charge in [0, 0.05) is 5.92 Å². The summed E-state index contributed by atoms with van der Waals surface area (Å²) in [5.41, 5.74) is 0.122. The fourth-order valence-corrected chi connectivity index (χ4v) is 2.90. The first kappa shape index (κ1) is 15.5. The molecule has 1 amide bonds. The van der Waals surface area contributed by atoms with Gasteiger partial charge in [-0.1, -0.05) is 6.92 Å². The van der Waals surface area contributed by atoms with Crippen LogP contribution in [-0.4, -0.2) is 10.9 Å². The molecule has 1 fully saturated rings. The Morgan fingerprint density at radius 2 is 2.12 bits per heavy atom. The van der Waals surface area contributed by atoms with Crippen molar-refractivity contribution < 1.29 is 13.6 Å². The number of aromatic amines is 1. The van der Waals surface area contributed by atoms with Crippen LogP contribution in [0.3, 0.4) is 0 Å².